The van der Waals surface area contributed by atoms with Gasteiger partial charge in [0.05, 0.1) is 4.92 Å². The van der Waals surface area contributed by atoms with Crippen molar-refractivity contribution in [1.82, 2.24) is 0 Å². The first-order chi connectivity index (χ1) is 13.6. The predicted molar refractivity (Wildman–Crippen MR) is 111 cm³/mol. The van der Waals surface area contributed by atoms with Gasteiger partial charge in [0.1, 0.15) is 5.75 Å². The largest absolute Gasteiger partial charge is 0.481 e. The molecule has 1 aromatic carbocycles. The van der Waals surface area contributed by atoms with E-state index in [2.05, 4.69) is 0 Å². The molecular weight excluding hydrogens is 422 g/mol. The average molecular weight is 446 g/mol. The summed E-state index contributed by atoms with van der Waals surface area (Å²) in [6.07, 6.45) is 1.48. The van der Waals surface area contributed by atoms with Crippen molar-refractivity contribution in [1.29, 1.82) is 0 Å². The molecule has 0 unspecified atom stereocenters. The second-order valence-corrected chi connectivity index (χ2v) is 8.05. The highest BCUT2D eigenvalue weighted by atomic mass is 32.2. The fraction of sp³-hybridized carbons (Fsp3) is 0.444. The van der Waals surface area contributed by atoms with Crippen LogP contribution in [0.15, 0.2) is 24.3 Å². The van der Waals surface area contributed by atoms with Crippen molar-refractivity contribution in [2.75, 3.05) is 11.5 Å². The van der Waals surface area contributed by atoms with Crippen molar-refractivity contribution in [2.45, 2.75) is 39.5 Å². The van der Waals surface area contributed by atoms with Crippen LogP contribution in [0.5, 0.6) is 5.75 Å². The number of carbonyl (C=O) groups is 4. The Morgan fingerprint density at radius 2 is 1.45 bits per heavy atom. The van der Waals surface area contributed by atoms with Crippen LogP contribution in [0, 0.1) is 10.1 Å². The minimum atomic E-state index is -0.802. The predicted octanol–water partition coefficient (Wildman–Crippen LogP) is 3.69. The van der Waals surface area contributed by atoms with Crippen molar-refractivity contribution in [3.05, 3.63) is 34.4 Å². The Balaban J connectivity index is 0.000000665. The van der Waals surface area contributed by atoms with E-state index in [4.69, 9.17) is 9.84 Å². The van der Waals surface area contributed by atoms with Crippen molar-refractivity contribution < 1.29 is 33.9 Å². The molecule has 1 aromatic rings. The lowest BCUT2D eigenvalue weighted by molar-refractivity contribution is -0.384. The van der Waals surface area contributed by atoms with Crippen LogP contribution in [0.1, 0.15) is 39.5 Å². The first-order valence-electron chi connectivity index (χ1n) is 8.55. The number of aliphatic carboxylic acids is 1. The molecule has 0 saturated heterocycles. The molecule has 0 saturated carbocycles. The number of hydrogen-bond acceptors (Lipinski definition) is 9. The molecule has 0 bridgehead atoms. The molecule has 0 heterocycles. The van der Waals surface area contributed by atoms with Crippen LogP contribution in [0.2, 0.25) is 0 Å². The van der Waals surface area contributed by atoms with Crippen LogP contribution in [0.4, 0.5) is 5.69 Å². The molecule has 0 aliphatic carbocycles. The van der Waals surface area contributed by atoms with Crippen molar-refractivity contribution in [2.24, 2.45) is 0 Å². The number of hydrogen-bond donors (Lipinski definition) is 1. The number of esters is 1. The van der Waals surface area contributed by atoms with E-state index in [0.29, 0.717) is 24.3 Å². The zero-order chi connectivity index (χ0) is 22.2. The quantitative estimate of drug-likeness (QED) is 0.186. The zero-order valence-electron chi connectivity index (χ0n) is 16.1. The topological polar surface area (TPSA) is 141 Å². The van der Waals surface area contributed by atoms with E-state index in [1.54, 1.807) is 0 Å². The van der Waals surface area contributed by atoms with Gasteiger partial charge in [-0.3, -0.25) is 29.3 Å². The average Bonchev–Trinajstić information content (AvgIpc) is 2.63. The number of nitrogens with zero attached hydrogens (tertiary/aromatic N) is 1. The standard InChI is InChI=1S/C12H13NO5S.C6H10O3S/c1-9(14)19-8-2-3-12(15)18-11-6-4-10(5-7-11)13(16)17;1-5(7)10-4-2-3-6(8)9/h4-7H,2-3,8H2,1H3;2-4H2,1H3,(H,8,9). The smallest absolute Gasteiger partial charge is 0.311 e. The van der Waals surface area contributed by atoms with Gasteiger partial charge in [0.25, 0.3) is 5.69 Å². The third-order valence-electron chi connectivity index (χ3n) is 2.95. The van der Waals surface area contributed by atoms with E-state index in [-0.39, 0.29) is 34.5 Å². The number of non-ortho nitro benzene ring substituents is 1. The number of carbonyl (C=O) groups excluding carboxylic acids is 3. The van der Waals surface area contributed by atoms with E-state index in [1.807, 2.05) is 0 Å². The Labute approximate surface area is 176 Å². The summed E-state index contributed by atoms with van der Waals surface area (Å²) in [5.74, 6) is 0.240. The molecular formula is C18H23NO8S2. The summed E-state index contributed by atoms with van der Waals surface area (Å²) in [5, 5.41) is 18.7. The summed E-state index contributed by atoms with van der Waals surface area (Å²) in [7, 11) is 0. The lowest BCUT2D eigenvalue weighted by Crippen LogP contribution is -2.08. The third kappa shape index (κ3) is 16.3. The van der Waals surface area contributed by atoms with Gasteiger partial charge in [0.2, 0.25) is 0 Å². The van der Waals surface area contributed by atoms with Crippen LogP contribution in [-0.2, 0) is 19.2 Å². The molecule has 0 atom stereocenters. The third-order valence-corrected chi connectivity index (χ3v) is 4.75. The van der Waals surface area contributed by atoms with Gasteiger partial charge in [-0.1, -0.05) is 23.5 Å². The Hall–Kier alpha value is -2.40. The monoisotopic (exact) mass is 445 g/mol. The Kier molecular flexibility index (Phi) is 14.2. The highest BCUT2D eigenvalue weighted by Crippen LogP contribution is 2.18. The highest BCUT2D eigenvalue weighted by molar-refractivity contribution is 8.13. The lowest BCUT2D eigenvalue weighted by atomic mass is 10.3. The van der Waals surface area contributed by atoms with Crippen molar-refractivity contribution in [3.8, 4) is 5.75 Å². The number of nitro groups is 1. The molecule has 0 aliphatic heterocycles. The van der Waals surface area contributed by atoms with E-state index in [0.717, 1.165) is 11.8 Å². The van der Waals surface area contributed by atoms with Crippen LogP contribution < -0.4 is 4.74 Å². The first kappa shape index (κ1) is 26.6. The van der Waals surface area contributed by atoms with E-state index < -0.39 is 16.9 Å². The summed E-state index contributed by atoms with van der Waals surface area (Å²) in [6, 6.07) is 5.29. The molecule has 0 radical (unpaired) electrons. The second kappa shape index (κ2) is 15.5. The summed E-state index contributed by atoms with van der Waals surface area (Å²) < 4.78 is 5.00. The number of nitro benzene ring substituents is 1. The SMILES string of the molecule is CC(=O)SCCCC(=O)O.CC(=O)SCCCC(=O)Oc1ccc([N+](=O)[O-])cc1. The fourth-order valence-corrected chi connectivity index (χ4v) is 2.84. The molecule has 0 fully saturated rings. The normalized spacial score (nSPS) is 9.72. The summed E-state index contributed by atoms with van der Waals surface area (Å²) in [5.41, 5.74) is -0.0577. The van der Waals surface area contributed by atoms with Gasteiger partial charge in [-0.15, -0.1) is 0 Å². The molecule has 0 aromatic heterocycles. The highest BCUT2D eigenvalue weighted by Gasteiger charge is 2.08. The Bertz CT molecular complexity index is 690. The number of carboxylic acid groups (broad SMARTS) is 1. The molecule has 0 amide bonds. The zero-order valence-corrected chi connectivity index (χ0v) is 17.8. The fourth-order valence-electron chi connectivity index (χ4n) is 1.69. The molecule has 29 heavy (non-hydrogen) atoms. The molecule has 160 valence electrons. The molecule has 0 aliphatic rings. The summed E-state index contributed by atoms with van der Waals surface area (Å²) in [4.78, 5) is 52.2. The van der Waals surface area contributed by atoms with Gasteiger partial charge >= 0.3 is 11.9 Å². The van der Waals surface area contributed by atoms with Crippen LogP contribution in [0.25, 0.3) is 0 Å². The van der Waals surface area contributed by atoms with Gasteiger partial charge in [-0.05, 0) is 25.0 Å². The number of carboxylic acids is 1. The van der Waals surface area contributed by atoms with Gasteiger partial charge in [0, 0.05) is 50.3 Å². The molecule has 11 heteroatoms. The van der Waals surface area contributed by atoms with Gasteiger partial charge in [-0.2, -0.15) is 0 Å². The number of benzene rings is 1. The lowest BCUT2D eigenvalue weighted by Gasteiger charge is -2.03. The van der Waals surface area contributed by atoms with Gasteiger partial charge in [-0.25, -0.2) is 0 Å². The van der Waals surface area contributed by atoms with E-state index >= 15 is 0 Å². The maximum atomic E-state index is 11.4. The number of rotatable bonds is 10. The van der Waals surface area contributed by atoms with Gasteiger partial charge < -0.3 is 9.84 Å². The maximum Gasteiger partial charge on any atom is 0.311 e. The summed E-state index contributed by atoms with van der Waals surface area (Å²) in [6.45, 7) is 2.95. The minimum absolute atomic E-state index is 0.0173. The second-order valence-electron chi connectivity index (χ2n) is 5.51. The first-order valence-corrected chi connectivity index (χ1v) is 10.5. The maximum absolute atomic E-state index is 11.4. The van der Waals surface area contributed by atoms with Crippen LogP contribution in [0.3, 0.4) is 0 Å². The van der Waals surface area contributed by atoms with Crippen molar-refractivity contribution in [3.63, 3.8) is 0 Å². The summed E-state index contributed by atoms with van der Waals surface area (Å²) >= 11 is 2.33. The number of thioether (sulfide) groups is 2. The minimum Gasteiger partial charge on any atom is -0.481 e. The number of ether oxygens (including phenoxy) is 1. The van der Waals surface area contributed by atoms with Crippen molar-refractivity contribution >= 4 is 51.4 Å². The molecule has 0 spiro atoms. The van der Waals surface area contributed by atoms with E-state index in [9.17, 15) is 29.3 Å². The van der Waals surface area contributed by atoms with Crippen LogP contribution in [-0.4, -0.2) is 43.7 Å². The Morgan fingerprint density at radius 1 is 0.966 bits per heavy atom. The van der Waals surface area contributed by atoms with Crippen LogP contribution >= 0.6 is 23.5 Å². The Morgan fingerprint density at radius 3 is 1.86 bits per heavy atom. The molecule has 1 N–H and O–H groups in total. The molecule has 9 nitrogen and oxygen atoms in total. The molecule has 1 rings (SSSR count). The van der Waals surface area contributed by atoms with E-state index in [1.165, 1.54) is 49.9 Å². The van der Waals surface area contributed by atoms with Gasteiger partial charge in [0.15, 0.2) is 10.2 Å².